The molecule has 2 aromatic carbocycles. The van der Waals surface area contributed by atoms with Crippen molar-refractivity contribution in [3.8, 4) is 5.75 Å². The van der Waals surface area contributed by atoms with Gasteiger partial charge in [-0.15, -0.1) is 0 Å². The summed E-state index contributed by atoms with van der Waals surface area (Å²) in [7, 11) is -4.52. The summed E-state index contributed by atoms with van der Waals surface area (Å²) >= 11 is 0. The number of amides is 1. The second kappa shape index (κ2) is 6.75. The van der Waals surface area contributed by atoms with Gasteiger partial charge in [0.05, 0.1) is 5.56 Å². The van der Waals surface area contributed by atoms with E-state index >= 15 is 0 Å². The SMILES string of the molecule is CC(=O)Nc1cc(S(=O)(=O)Oc2ccccc2C(F)(F)F)ccc1C. The van der Waals surface area contributed by atoms with E-state index in [0.717, 1.165) is 24.3 Å². The average Bonchev–Trinajstić information content (AvgIpc) is 2.48. The summed E-state index contributed by atoms with van der Waals surface area (Å²) in [6.07, 6.45) is -4.76. The molecule has 1 N–H and O–H groups in total. The first-order valence-electron chi connectivity index (χ1n) is 6.99. The van der Waals surface area contributed by atoms with Gasteiger partial charge >= 0.3 is 16.3 Å². The Labute approximate surface area is 142 Å². The van der Waals surface area contributed by atoms with E-state index in [0.29, 0.717) is 5.56 Å². The maximum Gasteiger partial charge on any atom is 0.420 e. The smallest absolute Gasteiger partial charge is 0.378 e. The van der Waals surface area contributed by atoms with Gasteiger partial charge in [-0.25, -0.2) is 0 Å². The van der Waals surface area contributed by atoms with Crippen LogP contribution in [0, 0.1) is 6.92 Å². The van der Waals surface area contributed by atoms with Crippen LogP contribution in [0.1, 0.15) is 18.1 Å². The number of aryl methyl sites for hydroxylation is 1. The van der Waals surface area contributed by atoms with Crippen molar-refractivity contribution in [1.82, 2.24) is 0 Å². The van der Waals surface area contributed by atoms with Crippen molar-refractivity contribution in [3.05, 3.63) is 53.6 Å². The van der Waals surface area contributed by atoms with E-state index in [4.69, 9.17) is 0 Å². The van der Waals surface area contributed by atoms with E-state index in [1.165, 1.54) is 25.1 Å². The number of hydrogen-bond acceptors (Lipinski definition) is 4. The fraction of sp³-hybridized carbons (Fsp3) is 0.188. The molecule has 0 fully saturated rings. The quantitative estimate of drug-likeness (QED) is 0.829. The standard InChI is InChI=1S/C16H14F3NO4S/c1-10-7-8-12(9-14(10)20-11(2)21)25(22,23)24-15-6-4-3-5-13(15)16(17,18)19/h3-9H,1-2H3,(H,20,21). The monoisotopic (exact) mass is 373 g/mol. The lowest BCUT2D eigenvalue weighted by molar-refractivity contribution is -0.138. The molecule has 1 amide bonds. The molecule has 2 rings (SSSR count). The number of anilines is 1. The van der Waals surface area contributed by atoms with Gasteiger partial charge in [-0.3, -0.25) is 4.79 Å². The molecule has 0 aliphatic heterocycles. The van der Waals surface area contributed by atoms with Crippen LogP contribution in [0.5, 0.6) is 5.75 Å². The zero-order valence-corrected chi connectivity index (χ0v) is 14.0. The van der Waals surface area contributed by atoms with Gasteiger partial charge in [0.1, 0.15) is 4.90 Å². The molecule has 0 radical (unpaired) electrons. The Hall–Kier alpha value is -2.55. The Bertz CT molecular complexity index is 908. The van der Waals surface area contributed by atoms with Gasteiger partial charge in [-0.1, -0.05) is 18.2 Å². The number of alkyl halides is 3. The third-order valence-corrected chi connectivity index (χ3v) is 4.43. The van der Waals surface area contributed by atoms with Crippen molar-refractivity contribution in [2.75, 3.05) is 5.32 Å². The van der Waals surface area contributed by atoms with Crippen LogP contribution in [0.4, 0.5) is 18.9 Å². The number of benzene rings is 2. The van der Waals surface area contributed by atoms with E-state index in [9.17, 15) is 26.4 Å². The predicted octanol–water partition coefficient (Wildman–Crippen LogP) is 3.74. The number of carbonyl (C=O) groups excluding carboxylic acids is 1. The summed E-state index contributed by atoms with van der Waals surface area (Å²) in [5.41, 5.74) is -0.390. The second-order valence-electron chi connectivity index (χ2n) is 5.19. The molecule has 9 heteroatoms. The van der Waals surface area contributed by atoms with E-state index in [1.54, 1.807) is 6.92 Å². The van der Waals surface area contributed by atoms with E-state index in [2.05, 4.69) is 9.50 Å². The van der Waals surface area contributed by atoms with E-state index in [1.807, 2.05) is 0 Å². The molecule has 0 unspecified atom stereocenters. The fourth-order valence-electron chi connectivity index (χ4n) is 2.02. The molecule has 5 nitrogen and oxygen atoms in total. The Balaban J connectivity index is 2.43. The summed E-state index contributed by atoms with van der Waals surface area (Å²) in [4.78, 5) is 10.8. The molecular weight excluding hydrogens is 359 g/mol. The molecule has 0 saturated carbocycles. The summed E-state index contributed by atoms with van der Waals surface area (Å²) in [6, 6.07) is 7.73. The van der Waals surface area contributed by atoms with Gasteiger partial charge in [0.15, 0.2) is 5.75 Å². The predicted molar refractivity (Wildman–Crippen MR) is 84.7 cm³/mol. The minimum atomic E-state index is -4.76. The lowest BCUT2D eigenvalue weighted by Gasteiger charge is -2.14. The van der Waals surface area contributed by atoms with Crippen molar-refractivity contribution >= 4 is 21.7 Å². The number of carbonyl (C=O) groups is 1. The second-order valence-corrected chi connectivity index (χ2v) is 6.74. The number of halogens is 3. The van der Waals surface area contributed by atoms with Crippen molar-refractivity contribution in [2.45, 2.75) is 24.9 Å². The topological polar surface area (TPSA) is 72.5 Å². The van der Waals surface area contributed by atoms with Crippen molar-refractivity contribution in [1.29, 1.82) is 0 Å². The minimum Gasteiger partial charge on any atom is -0.378 e. The molecule has 0 aromatic heterocycles. The summed E-state index contributed by atoms with van der Waals surface area (Å²) in [6.45, 7) is 2.89. The number of para-hydroxylation sites is 1. The van der Waals surface area contributed by atoms with Crippen LogP contribution >= 0.6 is 0 Å². The highest BCUT2D eigenvalue weighted by Gasteiger charge is 2.35. The third kappa shape index (κ3) is 4.50. The van der Waals surface area contributed by atoms with E-state index in [-0.39, 0.29) is 10.6 Å². The molecule has 2 aromatic rings. The molecule has 0 aliphatic carbocycles. The van der Waals surface area contributed by atoms with Crippen LogP contribution in [0.3, 0.4) is 0 Å². The van der Waals surface area contributed by atoms with Crippen LogP contribution in [-0.2, 0) is 21.1 Å². The highest BCUT2D eigenvalue weighted by atomic mass is 32.2. The van der Waals surface area contributed by atoms with Gasteiger partial charge < -0.3 is 9.50 Å². The summed E-state index contributed by atoms with van der Waals surface area (Å²) < 4.78 is 68.2. The Morgan fingerprint density at radius 2 is 1.76 bits per heavy atom. The van der Waals surface area contributed by atoms with Crippen LogP contribution in [-0.4, -0.2) is 14.3 Å². The maximum absolute atomic E-state index is 13.0. The Morgan fingerprint density at radius 3 is 2.36 bits per heavy atom. The molecule has 0 aliphatic rings. The molecule has 134 valence electrons. The highest BCUT2D eigenvalue weighted by molar-refractivity contribution is 7.87. The van der Waals surface area contributed by atoms with Gasteiger partial charge in [-0.2, -0.15) is 21.6 Å². The lowest BCUT2D eigenvalue weighted by Crippen LogP contribution is -2.15. The lowest BCUT2D eigenvalue weighted by atomic mass is 10.2. The molecular formula is C16H14F3NO4S. The summed E-state index contributed by atoms with van der Waals surface area (Å²) in [5, 5.41) is 2.45. The first kappa shape index (κ1) is 18.8. The Kier molecular flexibility index (Phi) is 5.07. The van der Waals surface area contributed by atoms with Gasteiger partial charge in [0, 0.05) is 12.6 Å². The Morgan fingerprint density at radius 1 is 1.12 bits per heavy atom. The third-order valence-electron chi connectivity index (χ3n) is 3.20. The highest BCUT2D eigenvalue weighted by Crippen LogP contribution is 2.37. The first-order valence-corrected chi connectivity index (χ1v) is 8.40. The zero-order chi connectivity index (χ0) is 18.8. The molecule has 25 heavy (non-hydrogen) atoms. The zero-order valence-electron chi connectivity index (χ0n) is 13.2. The molecule has 0 atom stereocenters. The van der Waals surface area contributed by atoms with Crippen molar-refractivity contribution < 1.29 is 30.6 Å². The molecule has 0 spiro atoms. The minimum absolute atomic E-state index is 0.223. The molecule has 0 bridgehead atoms. The first-order chi connectivity index (χ1) is 11.5. The van der Waals surface area contributed by atoms with Gasteiger partial charge in [-0.05, 0) is 36.8 Å². The van der Waals surface area contributed by atoms with Crippen LogP contribution in [0.2, 0.25) is 0 Å². The molecule has 0 saturated heterocycles. The van der Waals surface area contributed by atoms with Gasteiger partial charge in [0.25, 0.3) is 0 Å². The van der Waals surface area contributed by atoms with Crippen LogP contribution in [0.15, 0.2) is 47.4 Å². The van der Waals surface area contributed by atoms with Crippen LogP contribution < -0.4 is 9.50 Å². The van der Waals surface area contributed by atoms with E-state index < -0.39 is 33.5 Å². The van der Waals surface area contributed by atoms with Crippen LogP contribution in [0.25, 0.3) is 0 Å². The number of rotatable bonds is 4. The van der Waals surface area contributed by atoms with Crippen molar-refractivity contribution in [2.24, 2.45) is 0 Å². The summed E-state index contributed by atoms with van der Waals surface area (Å²) in [5.74, 6) is -1.24. The van der Waals surface area contributed by atoms with Gasteiger partial charge in [0.2, 0.25) is 5.91 Å². The number of hydrogen-bond donors (Lipinski definition) is 1. The average molecular weight is 373 g/mol. The largest absolute Gasteiger partial charge is 0.420 e. The maximum atomic E-state index is 13.0. The van der Waals surface area contributed by atoms with Crippen molar-refractivity contribution in [3.63, 3.8) is 0 Å². The number of nitrogens with one attached hydrogen (secondary N) is 1. The fourth-order valence-corrected chi connectivity index (χ4v) is 3.00. The molecule has 0 heterocycles. The normalized spacial score (nSPS) is 11.9.